The normalized spacial score (nSPS) is 11.4. The van der Waals surface area contributed by atoms with Crippen molar-refractivity contribution in [1.82, 2.24) is 10.6 Å². The third kappa shape index (κ3) is 5.80. The fourth-order valence-electron chi connectivity index (χ4n) is 1.85. The van der Waals surface area contributed by atoms with Gasteiger partial charge in [-0.05, 0) is 32.5 Å². The van der Waals surface area contributed by atoms with E-state index < -0.39 is 0 Å². The lowest BCUT2D eigenvalue weighted by atomic mass is 10.1. The van der Waals surface area contributed by atoms with Crippen LogP contribution in [-0.2, 0) is 11.3 Å². The molecule has 0 radical (unpaired) electrons. The second-order valence-corrected chi connectivity index (χ2v) is 4.72. The minimum absolute atomic E-state index is 0. The fourth-order valence-corrected chi connectivity index (χ4v) is 1.85. The highest BCUT2D eigenvalue weighted by molar-refractivity contribution is 5.85. The Morgan fingerprint density at radius 3 is 2.70 bits per heavy atom. The zero-order valence-electron chi connectivity index (χ0n) is 12.7. The number of ether oxygens (including phenoxy) is 1. The van der Waals surface area contributed by atoms with Crippen molar-refractivity contribution in [1.29, 1.82) is 0 Å². The number of hydrogen-bond acceptors (Lipinski definition) is 3. The predicted octanol–water partition coefficient (Wildman–Crippen LogP) is 2.29. The third-order valence-electron chi connectivity index (χ3n) is 2.93. The molecule has 0 heterocycles. The monoisotopic (exact) mass is 300 g/mol. The number of carbonyl (C=O) groups is 1. The van der Waals surface area contributed by atoms with Crippen molar-refractivity contribution >= 4 is 18.3 Å². The van der Waals surface area contributed by atoms with Crippen molar-refractivity contribution in [2.75, 3.05) is 20.2 Å². The minimum atomic E-state index is -0.0361. The van der Waals surface area contributed by atoms with E-state index in [1.54, 1.807) is 0 Å². The molecule has 0 bridgehead atoms. The van der Waals surface area contributed by atoms with E-state index in [0.717, 1.165) is 16.9 Å². The van der Waals surface area contributed by atoms with Gasteiger partial charge in [0, 0.05) is 24.6 Å². The lowest BCUT2D eigenvalue weighted by Crippen LogP contribution is -2.34. The van der Waals surface area contributed by atoms with Crippen LogP contribution in [0.15, 0.2) is 18.2 Å². The van der Waals surface area contributed by atoms with Crippen molar-refractivity contribution in [2.24, 2.45) is 5.92 Å². The Morgan fingerprint density at radius 1 is 1.40 bits per heavy atom. The molecule has 0 aromatic heterocycles. The van der Waals surface area contributed by atoms with Crippen LogP contribution in [0.1, 0.15) is 25.0 Å². The number of hydrogen-bond donors (Lipinski definition) is 2. The summed E-state index contributed by atoms with van der Waals surface area (Å²) in [6, 6.07) is 6.03. The summed E-state index contributed by atoms with van der Waals surface area (Å²) in [5, 5.41) is 5.94. The number of halogens is 1. The van der Waals surface area contributed by atoms with Gasteiger partial charge < -0.3 is 15.4 Å². The molecule has 0 saturated carbocycles. The number of carbonyl (C=O) groups excluding carboxylic acids is 1. The third-order valence-corrected chi connectivity index (χ3v) is 2.93. The van der Waals surface area contributed by atoms with Crippen LogP contribution in [0.25, 0.3) is 0 Å². The van der Waals surface area contributed by atoms with E-state index in [1.165, 1.54) is 0 Å². The second-order valence-electron chi connectivity index (χ2n) is 4.72. The Morgan fingerprint density at radius 2 is 2.10 bits per heavy atom. The van der Waals surface area contributed by atoms with E-state index in [0.29, 0.717) is 19.7 Å². The molecular weight excluding hydrogens is 276 g/mol. The average Bonchev–Trinajstić information content (AvgIpc) is 2.38. The lowest BCUT2D eigenvalue weighted by molar-refractivity contribution is -0.124. The summed E-state index contributed by atoms with van der Waals surface area (Å²) >= 11 is 0. The van der Waals surface area contributed by atoms with Gasteiger partial charge in [0.25, 0.3) is 0 Å². The molecule has 114 valence electrons. The predicted molar refractivity (Wildman–Crippen MR) is 84.5 cm³/mol. The lowest BCUT2D eigenvalue weighted by Gasteiger charge is -2.14. The number of benzene rings is 1. The summed E-state index contributed by atoms with van der Waals surface area (Å²) in [6.07, 6.45) is 0. The van der Waals surface area contributed by atoms with E-state index in [9.17, 15) is 4.79 Å². The van der Waals surface area contributed by atoms with Crippen molar-refractivity contribution < 1.29 is 9.53 Å². The molecule has 1 aromatic rings. The summed E-state index contributed by atoms with van der Waals surface area (Å²) in [6.45, 7) is 7.70. The molecule has 0 spiro atoms. The van der Waals surface area contributed by atoms with Gasteiger partial charge in [-0.1, -0.05) is 19.1 Å². The molecule has 0 aliphatic rings. The SMILES string of the molecule is CCOc1cc(C)ccc1CNC(=O)C(C)CNC.Cl. The Balaban J connectivity index is 0.00000361. The molecule has 4 nitrogen and oxygen atoms in total. The van der Waals surface area contributed by atoms with Gasteiger partial charge in [0.05, 0.1) is 6.61 Å². The molecule has 0 aliphatic heterocycles. The molecule has 5 heteroatoms. The smallest absolute Gasteiger partial charge is 0.224 e. The van der Waals surface area contributed by atoms with Gasteiger partial charge in [-0.3, -0.25) is 4.79 Å². The van der Waals surface area contributed by atoms with Crippen LogP contribution in [0.5, 0.6) is 5.75 Å². The zero-order chi connectivity index (χ0) is 14.3. The summed E-state index contributed by atoms with van der Waals surface area (Å²) < 4.78 is 5.59. The average molecular weight is 301 g/mol. The molecule has 0 saturated heterocycles. The highest BCUT2D eigenvalue weighted by Crippen LogP contribution is 2.20. The van der Waals surface area contributed by atoms with Crippen LogP contribution in [0.4, 0.5) is 0 Å². The van der Waals surface area contributed by atoms with Crippen molar-refractivity contribution in [2.45, 2.75) is 27.3 Å². The summed E-state index contributed by atoms with van der Waals surface area (Å²) in [7, 11) is 1.84. The molecule has 1 aromatic carbocycles. The zero-order valence-corrected chi connectivity index (χ0v) is 13.5. The molecule has 1 amide bonds. The highest BCUT2D eigenvalue weighted by atomic mass is 35.5. The first-order chi connectivity index (χ1) is 9.08. The molecule has 2 N–H and O–H groups in total. The van der Waals surface area contributed by atoms with Crippen LogP contribution in [0.2, 0.25) is 0 Å². The molecule has 1 atom stereocenters. The molecule has 1 rings (SSSR count). The summed E-state index contributed by atoms with van der Waals surface area (Å²) in [4.78, 5) is 11.9. The van der Waals surface area contributed by atoms with Gasteiger partial charge in [0.1, 0.15) is 5.75 Å². The summed E-state index contributed by atoms with van der Waals surface area (Å²) in [5.74, 6) is 0.868. The van der Waals surface area contributed by atoms with Gasteiger partial charge in [0.2, 0.25) is 5.91 Å². The fraction of sp³-hybridized carbons (Fsp3) is 0.533. The van der Waals surface area contributed by atoms with Crippen LogP contribution >= 0.6 is 12.4 Å². The van der Waals surface area contributed by atoms with Gasteiger partial charge >= 0.3 is 0 Å². The Kier molecular flexibility index (Phi) is 9.01. The van der Waals surface area contributed by atoms with Crippen LogP contribution < -0.4 is 15.4 Å². The van der Waals surface area contributed by atoms with Crippen LogP contribution in [0.3, 0.4) is 0 Å². The Hall–Kier alpha value is -1.26. The molecular formula is C15H25ClN2O2. The van der Waals surface area contributed by atoms with Crippen LogP contribution in [-0.4, -0.2) is 26.1 Å². The quantitative estimate of drug-likeness (QED) is 0.812. The minimum Gasteiger partial charge on any atom is -0.494 e. The Labute approximate surface area is 127 Å². The first kappa shape index (κ1) is 18.7. The van der Waals surface area contributed by atoms with Gasteiger partial charge in [-0.2, -0.15) is 0 Å². The van der Waals surface area contributed by atoms with Gasteiger partial charge in [-0.25, -0.2) is 0 Å². The highest BCUT2D eigenvalue weighted by Gasteiger charge is 2.12. The van der Waals surface area contributed by atoms with Gasteiger partial charge in [-0.15, -0.1) is 12.4 Å². The number of aryl methyl sites for hydroxylation is 1. The first-order valence-electron chi connectivity index (χ1n) is 6.73. The molecule has 1 unspecified atom stereocenters. The number of amides is 1. The first-order valence-corrected chi connectivity index (χ1v) is 6.73. The maximum absolute atomic E-state index is 11.9. The topological polar surface area (TPSA) is 50.4 Å². The summed E-state index contributed by atoms with van der Waals surface area (Å²) in [5.41, 5.74) is 2.17. The van der Waals surface area contributed by atoms with E-state index in [2.05, 4.69) is 10.6 Å². The van der Waals surface area contributed by atoms with E-state index >= 15 is 0 Å². The van der Waals surface area contributed by atoms with Crippen molar-refractivity contribution in [3.05, 3.63) is 29.3 Å². The standard InChI is InChI=1S/C15H24N2O2.ClH/c1-5-19-14-8-11(2)6-7-13(14)10-17-15(18)12(3)9-16-4;/h6-8,12,16H,5,9-10H2,1-4H3,(H,17,18);1H. The van der Waals surface area contributed by atoms with Crippen molar-refractivity contribution in [3.8, 4) is 5.75 Å². The maximum Gasteiger partial charge on any atom is 0.224 e. The number of rotatable bonds is 7. The molecule has 0 fully saturated rings. The second kappa shape index (κ2) is 9.61. The van der Waals surface area contributed by atoms with E-state index in [1.807, 2.05) is 46.0 Å². The number of nitrogens with one attached hydrogen (secondary N) is 2. The van der Waals surface area contributed by atoms with E-state index in [-0.39, 0.29) is 24.2 Å². The van der Waals surface area contributed by atoms with Gasteiger partial charge in [0.15, 0.2) is 0 Å². The largest absolute Gasteiger partial charge is 0.494 e. The van der Waals surface area contributed by atoms with E-state index in [4.69, 9.17) is 4.74 Å². The molecule has 0 aliphatic carbocycles. The van der Waals surface area contributed by atoms with Crippen molar-refractivity contribution in [3.63, 3.8) is 0 Å². The molecule has 20 heavy (non-hydrogen) atoms. The van der Waals surface area contributed by atoms with Crippen LogP contribution in [0, 0.1) is 12.8 Å². The maximum atomic E-state index is 11.9. The Bertz CT molecular complexity index is 424.